The van der Waals surface area contributed by atoms with E-state index in [4.69, 9.17) is 9.26 Å². The number of nitrogens with zero attached hydrogens (tertiary/aromatic N) is 2. The molecule has 0 aliphatic carbocycles. The molecule has 2 unspecified atom stereocenters. The van der Waals surface area contributed by atoms with E-state index in [1.54, 1.807) is 0 Å². The van der Waals surface area contributed by atoms with Crippen molar-refractivity contribution in [2.45, 2.75) is 45.1 Å². The van der Waals surface area contributed by atoms with Crippen LogP contribution in [0.3, 0.4) is 0 Å². The fraction of sp³-hybridized carbons (Fsp3) is 0.833. The van der Waals surface area contributed by atoms with E-state index in [1.165, 1.54) is 0 Å². The molecule has 0 saturated carbocycles. The highest BCUT2D eigenvalue weighted by molar-refractivity contribution is 4.99. The quantitative estimate of drug-likeness (QED) is 0.823. The van der Waals surface area contributed by atoms with Crippen molar-refractivity contribution in [3.63, 3.8) is 0 Å². The lowest BCUT2D eigenvalue weighted by molar-refractivity contribution is 0.0477. The molecular weight excluding hydrogens is 218 g/mol. The van der Waals surface area contributed by atoms with Crippen molar-refractivity contribution in [1.29, 1.82) is 0 Å². The highest BCUT2D eigenvalue weighted by atomic mass is 16.5. The minimum Gasteiger partial charge on any atom is -0.370 e. The Morgan fingerprint density at radius 3 is 3.06 bits per heavy atom. The molecule has 2 atom stereocenters. The molecule has 1 N–H and O–H groups in total. The number of rotatable bonds is 6. The average Bonchev–Trinajstić information content (AvgIpc) is 2.99. The monoisotopic (exact) mass is 239 g/mol. The molecule has 0 bridgehead atoms. The van der Waals surface area contributed by atoms with E-state index in [0.717, 1.165) is 38.2 Å². The van der Waals surface area contributed by atoms with Crippen LogP contribution in [0.15, 0.2) is 4.52 Å². The van der Waals surface area contributed by atoms with Crippen molar-refractivity contribution < 1.29 is 9.26 Å². The van der Waals surface area contributed by atoms with Gasteiger partial charge in [-0.1, -0.05) is 18.5 Å². The Hall–Kier alpha value is -0.940. The molecule has 2 heterocycles. The summed E-state index contributed by atoms with van der Waals surface area (Å²) in [7, 11) is 0. The Morgan fingerprint density at radius 2 is 2.41 bits per heavy atom. The molecule has 0 aromatic carbocycles. The Morgan fingerprint density at radius 1 is 1.53 bits per heavy atom. The van der Waals surface area contributed by atoms with Gasteiger partial charge in [0.25, 0.3) is 0 Å². The molecule has 1 aliphatic rings. The third-order valence-electron chi connectivity index (χ3n) is 3.07. The summed E-state index contributed by atoms with van der Waals surface area (Å²) in [6.07, 6.45) is 3.06. The smallest absolute Gasteiger partial charge is 0.231 e. The van der Waals surface area contributed by atoms with Gasteiger partial charge >= 0.3 is 0 Å². The maximum absolute atomic E-state index is 5.64. The molecule has 0 radical (unpaired) electrons. The van der Waals surface area contributed by atoms with Crippen LogP contribution in [-0.2, 0) is 4.74 Å². The molecule has 2 rings (SSSR count). The van der Waals surface area contributed by atoms with E-state index in [-0.39, 0.29) is 6.10 Å². The largest absolute Gasteiger partial charge is 0.370 e. The van der Waals surface area contributed by atoms with Crippen molar-refractivity contribution in [2.24, 2.45) is 0 Å². The topological polar surface area (TPSA) is 60.2 Å². The van der Waals surface area contributed by atoms with E-state index in [2.05, 4.69) is 22.4 Å². The van der Waals surface area contributed by atoms with Crippen LogP contribution in [0.25, 0.3) is 0 Å². The van der Waals surface area contributed by atoms with Gasteiger partial charge < -0.3 is 14.6 Å². The first-order valence-corrected chi connectivity index (χ1v) is 6.51. The van der Waals surface area contributed by atoms with Gasteiger partial charge in [-0.3, -0.25) is 0 Å². The lowest BCUT2D eigenvalue weighted by Crippen LogP contribution is -2.09. The van der Waals surface area contributed by atoms with Crippen LogP contribution < -0.4 is 5.32 Å². The number of ether oxygens (including phenoxy) is 1. The summed E-state index contributed by atoms with van der Waals surface area (Å²) in [6.45, 7) is 6.78. The lowest BCUT2D eigenvalue weighted by Gasteiger charge is -2.11. The second-order valence-electron chi connectivity index (χ2n) is 4.41. The fourth-order valence-corrected chi connectivity index (χ4v) is 2.16. The van der Waals surface area contributed by atoms with Gasteiger partial charge in [-0.25, -0.2) is 0 Å². The summed E-state index contributed by atoms with van der Waals surface area (Å²) in [4.78, 5) is 4.49. The van der Waals surface area contributed by atoms with Crippen LogP contribution in [0.1, 0.15) is 56.8 Å². The average molecular weight is 239 g/mol. The van der Waals surface area contributed by atoms with E-state index < -0.39 is 0 Å². The summed E-state index contributed by atoms with van der Waals surface area (Å²) in [5.41, 5.74) is 0. The standard InChI is InChI=1S/C12H21N3O2/c1-3-5-10(16-4-2)11-14-12(17-15-11)9-6-7-13-8-9/h9-10,13H,3-8H2,1-2H3. The van der Waals surface area contributed by atoms with Gasteiger partial charge in [-0.05, 0) is 26.3 Å². The second-order valence-corrected chi connectivity index (χ2v) is 4.41. The van der Waals surface area contributed by atoms with Crippen LogP contribution >= 0.6 is 0 Å². The number of nitrogens with one attached hydrogen (secondary N) is 1. The van der Waals surface area contributed by atoms with E-state index in [9.17, 15) is 0 Å². The van der Waals surface area contributed by atoms with Crippen LogP contribution in [-0.4, -0.2) is 29.8 Å². The zero-order valence-electron chi connectivity index (χ0n) is 10.6. The summed E-state index contributed by atoms with van der Waals surface area (Å²) >= 11 is 0. The molecule has 96 valence electrons. The molecule has 1 aromatic heterocycles. The maximum Gasteiger partial charge on any atom is 0.231 e. The minimum atomic E-state index is -0.0168. The lowest BCUT2D eigenvalue weighted by atomic mass is 10.1. The molecule has 1 saturated heterocycles. The molecule has 0 amide bonds. The first kappa shape index (κ1) is 12.5. The highest BCUT2D eigenvalue weighted by Gasteiger charge is 2.25. The Balaban J connectivity index is 2.03. The third-order valence-corrected chi connectivity index (χ3v) is 3.07. The van der Waals surface area contributed by atoms with Gasteiger partial charge in [0, 0.05) is 13.2 Å². The summed E-state index contributed by atoms with van der Waals surface area (Å²) < 4.78 is 11.0. The molecular formula is C12H21N3O2. The van der Waals surface area contributed by atoms with Gasteiger partial charge in [-0.15, -0.1) is 0 Å². The van der Waals surface area contributed by atoms with Gasteiger partial charge in [0.05, 0.1) is 5.92 Å². The number of aromatic nitrogens is 2. The first-order valence-electron chi connectivity index (χ1n) is 6.51. The highest BCUT2D eigenvalue weighted by Crippen LogP contribution is 2.25. The SMILES string of the molecule is CCCC(OCC)c1noc(C2CCNC2)n1. The van der Waals surface area contributed by atoms with E-state index in [1.807, 2.05) is 6.92 Å². The predicted octanol–water partition coefficient (Wildman–Crippen LogP) is 2.02. The molecule has 1 fully saturated rings. The zero-order valence-corrected chi connectivity index (χ0v) is 10.6. The minimum absolute atomic E-state index is 0.0168. The molecule has 1 aliphatic heterocycles. The Labute approximate surface area is 102 Å². The molecule has 5 heteroatoms. The van der Waals surface area contributed by atoms with Gasteiger partial charge in [0.2, 0.25) is 11.7 Å². The number of hydrogen-bond acceptors (Lipinski definition) is 5. The van der Waals surface area contributed by atoms with Gasteiger partial charge in [0.15, 0.2) is 0 Å². The molecule has 17 heavy (non-hydrogen) atoms. The van der Waals surface area contributed by atoms with Crippen molar-refractivity contribution in [3.05, 3.63) is 11.7 Å². The summed E-state index contributed by atoms with van der Waals surface area (Å²) in [5, 5.41) is 7.36. The fourth-order valence-electron chi connectivity index (χ4n) is 2.16. The van der Waals surface area contributed by atoms with Gasteiger partial charge in [-0.2, -0.15) is 4.98 Å². The van der Waals surface area contributed by atoms with Gasteiger partial charge in [0.1, 0.15) is 6.10 Å². The Bertz CT molecular complexity index is 328. The summed E-state index contributed by atoms with van der Waals surface area (Å²) in [6, 6.07) is 0. The van der Waals surface area contributed by atoms with Crippen LogP contribution in [0.5, 0.6) is 0 Å². The van der Waals surface area contributed by atoms with Crippen LogP contribution in [0.2, 0.25) is 0 Å². The third kappa shape index (κ3) is 3.04. The van der Waals surface area contributed by atoms with E-state index in [0.29, 0.717) is 18.3 Å². The number of hydrogen-bond donors (Lipinski definition) is 1. The zero-order chi connectivity index (χ0) is 12.1. The van der Waals surface area contributed by atoms with Crippen LogP contribution in [0, 0.1) is 0 Å². The molecule has 1 aromatic rings. The second kappa shape index (κ2) is 6.12. The first-order chi connectivity index (χ1) is 8.35. The van der Waals surface area contributed by atoms with Crippen molar-refractivity contribution in [1.82, 2.24) is 15.5 Å². The molecule has 5 nitrogen and oxygen atoms in total. The normalized spacial score (nSPS) is 21.9. The van der Waals surface area contributed by atoms with Crippen molar-refractivity contribution in [3.8, 4) is 0 Å². The van der Waals surface area contributed by atoms with Crippen LogP contribution in [0.4, 0.5) is 0 Å². The van der Waals surface area contributed by atoms with Crippen molar-refractivity contribution >= 4 is 0 Å². The maximum atomic E-state index is 5.64. The Kier molecular flexibility index (Phi) is 4.50. The van der Waals surface area contributed by atoms with Crippen molar-refractivity contribution in [2.75, 3.05) is 19.7 Å². The summed E-state index contributed by atoms with van der Waals surface area (Å²) in [5.74, 6) is 1.83. The molecule has 0 spiro atoms. The predicted molar refractivity (Wildman–Crippen MR) is 63.8 cm³/mol. The van der Waals surface area contributed by atoms with E-state index >= 15 is 0 Å².